The second-order valence-electron chi connectivity index (χ2n) is 8.10. The third kappa shape index (κ3) is 3.63. The van der Waals surface area contributed by atoms with Crippen LogP contribution < -0.4 is 11.0 Å². The zero-order chi connectivity index (χ0) is 20.5. The van der Waals surface area contributed by atoms with Crippen molar-refractivity contribution in [3.63, 3.8) is 0 Å². The van der Waals surface area contributed by atoms with E-state index in [1.165, 1.54) is 0 Å². The monoisotopic (exact) mass is 407 g/mol. The molecule has 3 aromatic rings. The normalized spacial score (nSPS) is 20.0. The standard InChI is InChI=1S/C22H25N5O3/c28-19-6-5-17(24-19)15-3-1-2-4-16(15)18-13-23-20-21(25-18)27(22(29)26-20)10-7-14-8-11-30-12-9-14/h1-4,13-14,17H,5-12H2,(H,24,28)(H,23,26,29). The van der Waals surface area contributed by atoms with Gasteiger partial charge in [-0.2, -0.15) is 0 Å². The van der Waals surface area contributed by atoms with Gasteiger partial charge in [0.05, 0.1) is 17.9 Å². The van der Waals surface area contributed by atoms with Gasteiger partial charge in [-0.1, -0.05) is 24.3 Å². The molecule has 2 fully saturated rings. The number of H-pyrrole nitrogens is 1. The van der Waals surface area contributed by atoms with Crippen molar-refractivity contribution in [1.29, 1.82) is 0 Å². The summed E-state index contributed by atoms with van der Waals surface area (Å²) in [6, 6.07) is 7.92. The zero-order valence-electron chi connectivity index (χ0n) is 16.8. The van der Waals surface area contributed by atoms with Crippen LogP contribution in [0.4, 0.5) is 0 Å². The number of nitrogens with zero attached hydrogens (tertiary/aromatic N) is 3. The number of aromatic nitrogens is 4. The van der Waals surface area contributed by atoms with Gasteiger partial charge in [-0.15, -0.1) is 0 Å². The van der Waals surface area contributed by atoms with Crippen molar-refractivity contribution in [2.45, 2.75) is 44.7 Å². The summed E-state index contributed by atoms with van der Waals surface area (Å²) in [5.41, 5.74) is 3.58. The first-order valence-electron chi connectivity index (χ1n) is 10.6. The third-order valence-electron chi connectivity index (χ3n) is 6.19. The Labute approximate surface area is 173 Å². The fourth-order valence-corrected chi connectivity index (χ4v) is 4.49. The number of benzene rings is 1. The van der Waals surface area contributed by atoms with Crippen LogP contribution in [0.25, 0.3) is 22.6 Å². The van der Waals surface area contributed by atoms with Gasteiger partial charge in [0.1, 0.15) is 0 Å². The summed E-state index contributed by atoms with van der Waals surface area (Å²) in [4.78, 5) is 36.3. The van der Waals surface area contributed by atoms with Crippen LogP contribution in [0.5, 0.6) is 0 Å². The van der Waals surface area contributed by atoms with Crippen LogP contribution in [-0.4, -0.2) is 38.6 Å². The van der Waals surface area contributed by atoms with E-state index in [0.717, 1.165) is 50.0 Å². The number of carbonyl (C=O) groups is 1. The highest BCUT2D eigenvalue weighted by Gasteiger charge is 2.25. The van der Waals surface area contributed by atoms with Crippen LogP contribution in [0.15, 0.2) is 35.3 Å². The molecule has 8 nitrogen and oxygen atoms in total. The quantitative estimate of drug-likeness (QED) is 0.677. The van der Waals surface area contributed by atoms with Crippen molar-refractivity contribution >= 4 is 17.2 Å². The van der Waals surface area contributed by atoms with E-state index in [2.05, 4.69) is 15.3 Å². The number of nitrogens with one attached hydrogen (secondary N) is 2. The molecule has 1 amide bonds. The Balaban J connectivity index is 1.48. The number of hydrogen-bond donors (Lipinski definition) is 2. The van der Waals surface area contributed by atoms with E-state index < -0.39 is 0 Å². The Morgan fingerprint density at radius 2 is 1.97 bits per heavy atom. The van der Waals surface area contributed by atoms with Gasteiger partial charge in [0.25, 0.3) is 0 Å². The maximum absolute atomic E-state index is 12.5. The lowest BCUT2D eigenvalue weighted by Crippen LogP contribution is -2.22. The summed E-state index contributed by atoms with van der Waals surface area (Å²) >= 11 is 0. The van der Waals surface area contributed by atoms with Gasteiger partial charge in [-0.05, 0) is 37.2 Å². The predicted molar refractivity (Wildman–Crippen MR) is 112 cm³/mol. The Morgan fingerprint density at radius 3 is 2.77 bits per heavy atom. The molecule has 0 bridgehead atoms. The average Bonchev–Trinajstić information content (AvgIpc) is 3.35. The van der Waals surface area contributed by atoms with Crippen LogP contribution in [-0.2, 0) is 16.1 Å². The van der Waals surface area contributed by atoms with Crippen molar-refractivity contribution in [3.8, 4) is 11.3 Å². The highest BCUT2D eigenvalue weighted by atomic mass is 16.5. The van der Waals surface area contributed by atoms with Crippen LogP contribution in [0, 0.1) is 5.92 Å². The van der Waals surface area contributed by atoms with Crippen LogP contribution in [0.3, 0.4) is 0 Å². The van der Waals surface area contributed by atoms with E-state index in [4.69, 9.17) is 9.72 Å². The lowest BCUT2D eigenvalue weighted by molar-refractivity contribution is -0.119. The molecule has 5 rings (SSSR count). The molecule has 1 atom stereocenters. The molecule has 0 saturated carbocycles. The highest BCUT2D eigenvalue weighted by molar-refractivity contribution is 5.80. The molecule has 1 aromatic carbocycles. The fraction of sp³-hybridized carbons (Fsp3) is 0.455. The van der Waals surface area contributed by atoms with Crippen molar-refractivity contribution in [2.75, 3.05) is 13.2 Å². The van der Waals surface area contributed by atoms with E-state index in [1.807, 2.05) is 24.3 Å². The van der Waals surface area contributed by atoms with Crippen LogP contribution >= 0.6 is 0 Å². The zero-order valence-corrected chi connectivity index (χ0v) is 16.8. The predicted octanol–water partition coefficient (Wildman–Crippen LogP) is 2.55. The topological polar surface area (TPSA) is 102 Å². The summed E-state index contributed by atoms with van der Waals surface area (Å²) in [5, 5.41) is 3.03. The summed E-state index contributed by atoms with van der Waals surface area (Å²) in [5.74, 6) is 0.641. The lowest BCUT2D eigenvalue weighted by Gasteiger charge is -2.21. The fourth-order valence-electron chi connectivity index (χ4n) is 4.49. The van der Waals surface area contributed by atoms with E-state index >= 15 is 0 Å². The van der Waals surface area contributed by atoms with E-state index in [9.17, 15) is 9.59 Å². The van der Waals surface area contributed by atoms with Crippen LogP contribution in [0.1, 0.15) is 43.7 Å². The smallest absolute Gasteiger partial charge is 0.328 e. The van der Waals surface area contributed by atoms with Crippen LogP contribution in [0.2, 0.25) is 0 Å². The minimum atomic E-state index is -0.175. The summed E-state index contributed by atoms with van der Waals surface area (Å²) in [6.07, 6.45) is 5.99. The van der Waals surface area contributed by atoms with Gasteiger partial charge in [-0.25, -0.2) is 14.8 Å². The maximum Gasteiger partial charge on any atom is 0.328 e. The number of ether oxygens (including phenoxy) is 1. The molecule has 1 unspecified atom stereocenters. The van der Waals surface area contributed by atoms with Gasteiger partial charge >= 0.3 is 5.69 Å². The lowest BCUT2D eigenvalue weighted by atomic mass is 9.96. The first-order chi connectivity index (χ1) is 14.7. The number of aromatic amines is 1. The Bertz CT molecular complexity index is 1130. The van der Waals surface area contributed by atoms with Crippen molar-refractivity contribution in [3.05, 3.63) is 46.5 Å². The molecule has 0 spiro atoms. The summed E-state index contributed by atoms with van der Waals surface area (Å²) in [6.45, 7) is 2.21. The second kappa shape index (κ2) is 8.02. The average molecular weight is 407 g/mol. The number of fused-ring (bicyclic) bond motifs is 1. The molecular formula is C22H25N5O3. The molecule has 0 aliphatic carbocycles. The van der Waals surface area contributed by atoms with Gasteiger partial charge in [0.15, 0.2) is 11.3 Å². The van der Waals surface area contributed by atoms with Crippen molar-refractivity contribution in [1.82, 2.24) is 24.8 Å². The minimum absolute atomic E-state index is 0.0202. The Morgan fingerprint density at radius 1 is 1.13 bits per heavy atom. The molecule has 30 heavy (non-hydrogen) atoms. The SMILES string of the molecule is O=C1CCC(c2ccccc2-c2cnc3[nH]c(=O)n(CCC4CCOCC4)c3n2)N1. The number of imidazole rings is 1. The number of aryl methyl sites for hydroxylation is 1. The number of carbonyl (C=O) groups excluding carboxylic acids is 1. The molecule has 2 aliphatic rings. The van der Waals surface area contributed by atoms with E-state index in [-0.39, 0.29) is 17.6 Å². The molecule has 156 valence electrons. The third-order valence-corrected chi connectivity index (χ3v) is 6.19. The van der Waals surface area contributed by atoms with Crippen molar-refractivity contribution < 1.29 is 9.53 Å². The Hall–Kier alpha value is -3.00. The van der Waals surface area contributed by atoms with Crippen molar-refractivity contribution in [2.24, 2.45) is 5.92 Å². The Kier molecular flexibility index (Phi) is 5.08. The summed E-state index contributed by atoms with van der Waals surface area (Å²) in [7, 11) is 0. The minimum Gasteiger partial charge on any atom is -0.381 e. The van der Waals surface area contributed by atoms with E-state index in [1.54, 1.807) is 10.8 Å². The number of amides is 1. The first-order valence-corrected chi connectivity index (χ1v) is 10.6. The molecule has 2 saturated heterocycles. The first kappa shape index (κ1) is 19.0. The maximum atomic E-state index is 12.5. The molecule has 4 heterocycles. The molecule has 8 heteroatoms. The molecule has 2 aliphatic heterocycles. The number of rotatable bonds is 5. The van der Waals surface area contributed by atoms with E-state index in [0.29, 0.717) is 35.9 Å². The highest BCUT2D eigenvalue weighted by Crippen LogP contribution is 2.32. The molecular weight excluding hydrogens is 382 g/mol. The second-order valence-corrected chi connectivity index (χ2v) is 8.10. The molecule has 0 radical (unpaired) electrons. The largest absolute Gasteiger partial charge is 0.381 e. The molecule has 2 aromatic heterocycles. The molecule has 2 N–H and O–H groups in total. The number of hydrogen-bond acceptors (Lipinski definition) is 5. The van der Waals surface area contributed by atoms with Gasteiger partial charge in [0, 0.05) is 31.7 Å². The van der Waals surface area contributed by atoms with Gasteiger partial charge in [0.2, 0.25) is 5.91 Å². The van der Waals surface area contributed by atoms with Gasteiger partial charge < -0.3 is 10.1 Å². The summed E-state index contributed by atoms with van der Waals surface area (Å²) < 4.78 is 7.13. The van der Waals surface area contributed by atoms with Gasteiger partial charge in [-0.3, -0.25) is 14.3 Å².